The van der Waals surface area contributed by atoms with Crippen LogP contribution in [0.1, 0.15) is 32.4 Å². The molecule has 4 heteroatoms. The van der Waals surface area contributed by atoms with E-state index in [1.165, 1.54) is 0 Å². The van der Waals surface area contributed by atoms with Crippen molar-refractivity contribution in [2.24, 2.45) is 17.6 Å². The minimum absolute atomic E-state index is 0.178. The fourth-order valence-electron chi connectivity index (χ4n) is 2.29. The molecule has 0 fully saturated rings. The lowest BCUT2D eigenvalue weighted by atomic mass is 9.94. The number of aromatic nitrogens is 1. The molecule has 0 spiro atoms. The van der Waals surface area contributed by atoms with Gasteiger partial charge in [-0.1, -0.05) is 19.9 Å². The van der Waals surface area contributed by atoms with Crippen LogP contribution in [-0.2, 0) is 11.2 Å². The van der Waals surface area contributed by atoms with Gasteiger partial charge in [0.25, 0.3) is 0 Å². The third-order valence-corrected chi connectivity index (χ3v) is 3.46. The molecule has 0 radical (unpaired) electrons. The third-order valence-electron chi connectivity index (χ3n) is 3.46. The molecule has 1 atom stereocenters. The van der Waals surface area contributed by atoms with Gasteiger partial charge in [-0.25, -0.2) is 0 Å². The summed E-state index contributed by atoms with van der Waals surface area (Å²) in [6.45, 7) is 5.61. The third kappa shape index (κ3) is 6.15. The van der Waals surface area contributed by atoms with E-state index in [0.29, 0.717) is 31.3 Å². The first-order chi connectivity index (χ1) is 9.52. The largest absolute Gasteiger partial charge is 0.345 e. The fourth-order valence-corrected chi connectivity index (χ4v) is 2.29. The molecule has 0 aliphatic heterocycles. The van der Waals surface area contributed by atoms with Crippen LogP contribution >= 0.6 is 0 Å². The summed E-state index contributed by atoms with van der Waals surface area (Å²) in [5.41, 5.74) is 6.77. The zero-order valence-electron chi connectivity index (χ0n) is 12.9. The van der Waals surface area contributed by atoms with Gasteiger partial charge in [-0.15, -0.1) is 0 Å². The summed E-state index contributed by atoms with van der Waals surface area (Å²) >= 11 is 0. The monoisotopic (exact) mass is 277 g/mol. The highest BCUT2D eigenvalue weighted by Gasteiger charge is 2.16. The summed E-state index contributed by atoms with van der Waals surface area (Å²) in [6.07, 6.45) is 4.13. The summed E-state index contributed by atoms with van der Waals surface area (Å²) in [7, 11) is 1.86. The van der Waals surface area contributed by atoms with Crippen molar-refractivity contribution in [1.82, 2.24) is 9.88 Å². The van der Waals surface area contributed by atoms with E-state index in [0.717, 1.165) is 18.5 Å². The Morgan fingerprint density at radius 3 is 2.70 bits per heavy atom. The molecule has 0 aromatic carbocycles. The Kier molecular flexibility index (Phi) is 7.23. The molecule has 0 bridgehead atoms. The molecule has 1 aromatic heterocycles. The number of carbonyl (C=O) groups is 1. The van der Waals surface area contributed by atoms with Crippen molar-refractivity contribution in [1.29, 1.82) is 0 Å². The Labute approximate surface area is 122 Å². The molecule has 0 saturated heterocycles. The van der Waals surface area contributed by atoms with Crippen molar-refractivity contribution in [2.45, 2.75) is 33.1 Å². The SMILES string of the molecule is CC(C)CC(CN)CC(=O)N(C)CCc1ccccn1. The molecule has 1 rings (SSSR count). The maximum absolute atomic E-state index is 12.2. The van der Waals surface area contributed by atoms with E-state index in [-0.39, 0.29) is 5.91 Å². The average molecular weight is 277 g/mol. The van der Waals surface area contributed by atoms with E-state index in [9.17, 15) is 4.79 Å². The van der Waals surface area contributed by atoms with Crippen LogP contribution in [0.3, 0.4) is 0 Å². The molecule has 0 aliphatic rings. The van der Waals surface area contributed by atoms with Gasteiger partial charge < -0.3 is 10.6 Å². The number of hydrogen-bond acceptors (Lipinski definition) is 3. The quantitative estimate of drug-likeness (QED) is 0.791. The van der Waals surface area contributed by atoms with Gasteiger partial charge in [-0.2, -0.15) is 0 Å². The zero-order valence-corrected chi connectivity index (χ0v) is 12.9. The molecule has 0 aliphatic carbocycles. The molecular formula is C16H27N3O. The van der Waals surface area contributed by atoms with Gasteiger partial charge in [0.1, 0.15) is 0 Å². The zero-order chi connectivity index (χ0) is 15.0. The summed E-state index contributed by atoms with van der Waals surface area (Å²) in [5, 5.41) is 0. The minimum Gasteiger partial charge on any atom is -0.345 e. The van der Waals surface area contributed by atoms with Crippen LogP contribution in [0, 0.1) is 11.8 Å². The number of nitrogens with zero attached hydrogens (tertiary/aromatic N) is 2. The van der Waals surface area contributed by atoms with Crippen molar-refractivity contribution < 1.29 is 4.79 Å². The highest BCUT2D eigenvalue weighted by molar-refractivity contribution is 5.76. The predicted octanol–water partition coefficient (Wildman–Crippen LogP) is 2.09. The Morgan fingerprint density at radius 1 is 1.40 bits per heavy atom. The Bertz CT molecular complexity index is 392. The second kappa shape index (κ2) is 8.69. The number of carbonyl (C=O) groups excluding carboxylic acids is 1. The molecular weight excluding hydrogens is 250 g/mol. The van der Waals surface area contributed by atoms with Crippen LogP contribution in [0.15, 0.2) is 24.4 Å². The Hall–Kier alpha value is -1.42. The lowest BCUT2D eigenvalue weighted by Gasteiger charge is -2.21. The van der Waals surface area contributed by atoms with Crippen molar-refractivity contribution in [3.63, 3.8) is 0 Å². The first-order valence-corrected chi connectivity index (χ1v) is 7.36. The first-order valence-electron chi connectivity index (χ1n) is 7.36. The second-order valence-corrected chi connectivity index (χ2v) is 5.82. The number of amides is 1. The molecule has 1 amide bonds. The number of rotatable bonds is 8. The highest BCUT2D eigenvalue weighted by Crippen LogP contribution is 2.15. The first kappa shape index (κ1) is 16.6. The van der Waals surface area contributed by atoms with Crippen LogP contribution in [0.25, 0.3) is 0 Å². The second-order valence-electron chi connectivity index (χ2n) is 5.82. The minimum atomic E-state index is 0.178. The van der Waals surface area contributed by atoms with Gasteiger partial charge in [0.15, 0.2) is 0 Å². The van der Waals surface area contributed by atoms with Gasteiger partial charge in [0.05, 0.1) is 0 Å². The van der Waals surface area contributed by atoms with Crippen LogP contribution in [0.4, 0.5) is 0 Å². The van der Waals surface area contributed by atoms with Gasteiger partial charge in [0, 0.05) is 38.3 Å². The molecule has 20 heavy (non-hydrogen) atoms. The van der Waals surface area contributed by atoms with Crippen molar-refractivity contribution in [2.75, 3.05) is 20.1 Å². The predicted molar refractivity (Wildman–Crippen MR) is 82.2 cm³/mol. The van der Waals surface area contributed by atoms with E-state index >= 15 is 0 Å². The Morgan fingerprint density at radius 2 is 2.15 bits per heavy atom. The number of nitrogens with two attached hydrogens (primary N) is 1. The van der Waals surface area contributed by atoms with E-state index in [1.807, 2.05) is 25.2 Å². The standard InChI is InChI=1S/C16H27N3O/c1-13(2)10-14(12-17)11-16(20)19(3)9-7-15-6-4-5-8-18-15/h4-6,8,13-14H,7,9-12,17H2,1-3H3. The molecule has 1 heterocycles. The molecule has 1 aromatic rings. The summed E-state index contributed by atoms with van der Waals surface area (Å²) in [5.74, 6) is 1.05. The molecule has 0 saturated carbocycles. The van der Waals surface area contributed by atoms with E-state index in [4.69, 9.17) is 5.73 Å². The van der Waals surface area contributed by atoms with E-state index in [1.54, 1.807) is 11.1 Å². The fraction of sp³-hybridized carbons (Fsp3) is 0.625. The van der Waals surface area contributed by atoms with E-state index in [2.05, 4.69) is 18.8 Å². The lowest BCUT2D eigenvalue weighted by Crippen LogP contribution is -2.32. The topological polar surface area (TPSA) is 59.2 Å². The number of pyridine rings is 1. The van der Waals surface area contributed by atoms with Crippen LogP contribution in [-0.4, -0.2) is 35.9 Å². The normalized spacial score (nSPS) is 12.4. The van der Waals surface area contributed by atoms with Crippen molar-refractivity contribution >= 4 is 5.91 Å². The summed E-state index contributed by atoms with van der Waals surface area (Å²) in [4.78, 5) is 18.2. The van der Waals surface area contributed by atoms with Crippen molar-refractivity contribution in [3.05, 3.63) is 30.1 Å². The van der Waals surface area contributed by atoms with Gasteiger partial charge in [-0.3, -0.25) is 9.78 Å². The number of hydrogen-bond donors (Lipinski definition) is 1. The van der Waals surface area contributed by atoms with Gasteiger partial charge >= 0.3 is 0 Å². The summed E-state index contributed by atoms with van der Waals surface area (Å²) < 4.78 is 0. The van der Waals surface area contributed by atoms with E-state index < -0.39 is 0 Å². The van der Waals surface area contributed by atoms with Crippen LogP contribution < -0.4 is 5.73 Å². The smallest absolute Gasteiger partial charge is 0.222 e. The number of likely N-dealkylation sites (N-methyl/N-ethyl adjacent to an activating group) is 1. The van der Waals surface area contributed by atoms with Gasteiger partial charge in [0.2, 0.25) is 5.91 Å². The lowest BCUT2D eigenvalue weighted by molar-refractivity contribution is -0.130. The van der Waals surface area contributed by atoms with Crippen LogP contribution in [0.5, 0.6) is 0 Å². The summed E-state index contributed by atoms with van der Waals surface area (Å²) in [6, 6.07) is 5.85. The highest BCUT2D eigenvalue weighted by atomic mass is 16.2. The van der Waals surface area contributed by atoms with Crippen molar-refractivity contribution in [3.8, 4) is 0 Å². The Balaban J connectivity index is 2.38. The van der Waals surface area contributed by atoms with Gasteiger partial charge in [-0.05, 0) is 36.9 Å². The maximum Gasteiger partial charge on any atom is 0.222 e. The molecule has 112 valence electrons. The average Bonchev–Trinajstić information content (AvgIpc) is 2.44. The molecule has 1 unspecified atom stereocenters. The molecule has 2 N–H and O–H groups in total. The van der Waals surface area contributed by atoms with Crippen LogP contribution in [0.2, 0.25) is 0 Å². The maximum atomic E-state index is 12.2. The molecule has 4 nitrogen and oxygen atoms in total.